The predicted molar refractivity (Wildman–Crippen MR) is 279 cm³/mol. The highest BCUT2D eigenvalue weighted by Crippen LogP contribution is 2.59. The lowest BCUT2D eigenvalue weighted by molar-refractivity contribution is 0.151. The van der Waals surface area contributed by atoms with Crippen LogP contribution >= 0.6 is 0 Å². The van der Waals surface area contributed by atoms with Gasteiger partial charge in [0.15, 0.2) is 0 Å². The fourth-order valence-electron chi connectivity index (χ4n) is 11.6. The SMILES string of the molecule is CC1(C)c2ccccc2-c2c(N(C3=CC=CC4(C)Oc5ccc(-c6ccc7c(c6)c6ccccc6n7-c6ccccc6)cc5C34)c3ccc(-c4ccccc4)cc3-c3ccccc3)cccc21. The molecule has 2 heterocycles. The summed E-state index contributed by atoms with van der Waals surface area (Å²) in [7, 11) is 0. The highest BCUT2D eigenvalue weighted by Gasteiger charge is 2.49. The van der Waals surface area contributed by atoms with Crippen LogP contribution in [0.2, 0.25) is 0 Å². The van der Waals surface area contributed by atoms with Gasteiger partial charge < -0.3 is 14.2 Å². The van der Waals surface area contributed by atoms with Crippen LogP contribution in [0.15, 0.2) is 236 Å². The maximum atomic E-state index is 7.14. The van der Waals surface area contributed by atoms with Gasteiger partial charge in [-0.1, -0.05) is 172 Å². The minimum Gasteiger partial charge on any atom is -0.482 e. The van der Waals surface area contributed by atoms with Gasteiger partial charge in [-0.2, -0.15) is 0 Å². The molecule has 3 nitrogen and oxygen atoms in total. The van der Waals surface area contributed by atoms with Crippen molar-refractivity contribution in [2.24, 2.45) is 0 Å². The molecule has 2 unspecified atom stereocenters. The Balaban J connectivity index is 1.02. The van der Waals surface area contributed by atoms with Crippen molar-refractivity contribution in [3.63, 3.8) is 0 Å². The molecular weight excluding hydrogens is 813 g/mol. The molecule has 2 aliphatic carbocycles. The lowest BCUT2D eigenvalue weighted by atomic mass is 9.78. The third kappa shape index (κ3) is 6.04. The van der Waals surface area contributed by atoms with Crippen molar-refractivity contribution in [2.75, 3.05) is 4.90 Å². The summed E-state index contributed by atoms with van der Waals surface area (Å²) in [6.07, 6.45) is 6.81. The lowest BCUT2D eigenvalue weighted by Crippen LogP contribution is -2.38. The second-order valence-electron chi connectivity index (χ2n) is 19.0. The number of allylic oxidation sites excluding steroid dienone is 2. The normalized spacial score (nSPS) is 17.4. The van der Waals surface area contributed by atoms with Crippen LogP contribution in [-0.4, -0.2) is 10.2 Å². The molecule has 0 saturated heterocycles. The molecule has 9 aromatic carbocycles. The first-order valence-corrected chi connectivity index (χ1v) is 23.5. The Morgan fingerprint density at radius 1 is 0.478 bits per heavy atom. The van der Waals surface area contributed by atoms with E-state index in [1.807, 2.05) is 0 Å². The first-order chi connectivity index (χ1) is 32.9. The Morgan fingerprint density at radius 2 is 1.12 bits per heavy atom. The number of benzene rings is 9. The third-order valence-corrected chi connectivity index (χ3v) is 14.7. The van der Waals surface area contributed by atoms with Gasteiger partial charge in [-0.05, 0) is 124 Å². The van der Waals surface area contributed by atoms with E-state index in [2.05, 4.69) is 261 Å². The van der Waals surface area contributed by atoms with Crippen molar-refractivity contribution in [2.45, 2.75) is 37.7 Å². The van der Waals surface area contributed by atoms with Gasteiger partial charge in [-0.15, -0.1) is 0 Å². The zero-order valence-corrected chi connectivity index (χ0v) is 37.8. The van der Waals surface area contributed by atoms with Gasteiger partial charge in [-0.3, -0.25) is 0 Å². The average Bonchev–Trinajstić information content (AvgIpc) is 3.96. The molecule has 13 rings (SSSR count). The summed E-state index contributed by atoms with van der Waals surface area (Å²) in [5, 5.41) is 2.48. The zero-order valence-electron chi connectivity index (χ0n) is 37.8. The molecule has 0 saturated carbocycles. The largest absolute Gasteiger partial charge is 0.482 e. The summed E-state index contributed by atoms with van der Waals surface area (Å²) in [5.41, 5.74) is 19.7. The second-order valence-corrected chi connectivity index (χ2v) is 19.0. The van der Waals surface area contributed by atoms with E-state index < -0.39 is 5.60 Å². The number of nitrogens with zero attached hydrogens (tertiary/aromatic N) is 2. The molecule has 320 valence electrons. The molecule has 0 bridgehead atoms. The van der Waals surface area contributed by atoms with Gasteiger partial charge >= 0.3 is 0 Å². The number of aromatic nitrogens is 1. The van der Waals surface area contributed by atoms with Gasteiger partial charge in [0.05, 0.1) is 28.3 Å². The first kappa shape index (κ1) is 39.2. The summed E-state index contributed by atoms with van der Waals surface area (Å²) in [4.78, 5) is 2.58. The standard InChI is InChI=1S/C64H48N2O/c1-63(2)53-27-15-13-26-49(53)61-54(63)28-17-30-58(61)66(56-35-32-44(42-19-7-4-8-20-42)39-50(56)43-21-9-5-10-22-43)59-31-18-38-64(3)62(59)52-41-46(34-37-60(52)67-64)45-33-36-57-51(40-45)48-25-14-16-29-55(48)65(57)47-23-11-6-12-24-47/h4-41,62H,1-3H3. The van der Waals surface area contributed by atoms with Gasteiger partial charge in [0.25, 0.3) is 0 Å². The Hall–Kier alpha value is -8.14. The van der Waals surface area contributed by atoms with E-state index in [-0.39, 0.29) is 11.3 Å². The lowest BCUT2D eigenvalue weighted by Gasteiger charge is -2.40. The predicted octanol–water partition coefficient (Wildman–Crippen LogP) is 16.6. The molecule has 3 aliphatic rings. The number of hydrogen-bond acceptors (Lipinski definition) is 2. The maximum Gasteiger partial charge on any atom is 0.137 e. The van der Waals surface area contributed by atoms with E-state index in [1.165, 1.54) is 77.6 Å². The summed E-state index contributed by atoms with van der Waals surface area (Å²) in [5.74, 6) is 0.789. The Morgan fingerprint density at radius 3 is 1.94 bits per heavy atom. The van der Waals surface area contributed by atoms with Crippen molar-refractivity contribution >= 4 is 33.2 Å². The molecule has 67 heavy (non-hydrogen) atoms. The van der Waals surface area contributed by atoms with Crippen LogP contribution in [0.4, 0.5) is 11.4 Å². The molecule has 10 aromatic rings. The van der Waals surface area contributed by atoms with Crippen molar-refractivity contribution in [1.29, 1.82) is 0 Å². The average molecular weight is 861 g/mol. The van der Waals surface area contributed by atoms with Crippen LogP contribution in [0.5, 0.6) is 5.75 Å². The molecule has 0 fully saturated rings. The summed E-state index contributed by atoms with van der Waals surface area (Å²) in [6.45, 7) is 7.00. The van der Waals surface area contributed by atoms with E-state index in [0.29, 0.717) is 0 Å². The maximum absolute atomic E-state index is 7.14. The van der Waals surface area contributed by atoms with E-state index in [9.17, 15) is 0 Å². The molecule has 0 amide bonds. The minimum atomic E-state index is -0.637. The van der Waals surface area contributed by atoms with Crippen LogP contribution < -0.4 is 9.64 Å². The molecule has 1 aliphatic heterocycles. The Labute approximate surface area is 392 Å². The van der Waals surface area contributed by atoms with E-state index in [4.69, 9.17) is 4.74 Å². The highest BCUT2D eigenvalue weighted by molar-refractivity contribution is 6.10. The molecule has 0 spiro atoms. The summed E-state index contributed by atoms with van der Waals surface area (Å²) in [6, 6.07) is 77.8. The van der Waals surface area contributed by atoms with Crippen LogP contribution in [-0.2, 0) is 5.41 Å². The molecular formula is C64H48N2O. The van der Waals surface area contributed by atoms with Gasteiger partial charge in [0.1, 0.15) is 11.4 Å². The Kier molecular flexibility index (Phi) is 8.76. The number of hydrogen-bond donors (Lipinski definition) is 0. The highest BCUT2D eigenvalue weighted by atomic mass is 16.5. The smallest absolute Gasteiger partial charge is 0.137 e. The molecule has 0 radical (unpaired) electrons. The van der Waals surface area contributed by atoms with Crippen molar-refractivity contribution in [3.8, 4) is 55.9 Å². The van der Waals surface area contributed by atoms with Crippen LogP contribution in [0.25, 0.3) is 72.0 Å². The quantitative estimate of drug-likeness (QED) is 0.159. The summed E-state index contributed by atoms with van der Waals surface area (Å²) >= 11 is 0. The topological polar surface area (TPSA) is 17.4 Å². The van der Waals surface area contributed by atoms with E-state index in [1.54, 1.807) is 0 Å². The van der Waals surface area contributed by atoms with Gasteiger partial charge in [0.2, 0.25) is 0 Å². The number of anilines is 2. The minimum absolute atomic E-state index is 0.130. The summed E-state index contributed by atoms with van der Waals surface area (Å²) < 4.78 is 9.52. The van der Waals surface area contributed by atoms with Gasteiger partial charge in [0, 0.05) is 44.3 Å². The molecule has 2 atom stereocenters. The van der Waals surface area contributed by atoms with Crippen LogP contribution in [0.3, 0.4) is 0 Å². The zero-order chi connectivity index (χ0) is 44.9. The number of fused-ring (bicyclic) bond motifs is 9. The second kappa shape index (κ2) is 15.0. The number of ether oxygens (including phenoxy) is 1. The van der Waals surface area contributed by atoms with Crippen LogP contribution in [0.1, 0.15) is 43.4 Å². The first-order valence-electron chi connectivity index (χ1n) is 23.5. The van der Waals surface area contributed by atoms with Crippen molar-refractivity contribution in [3.05, 3.63) is 253 Å². The number of para-hydroxylation sites is 2. The number of rotatable bonds is 7. The van der Waals surface area contributed by atoms with Crippen molar-refractivity contribution in [1.82, 2.24) is 4.57 Å². The molecule has 1 aromatic heterocycles. The fourth-order valence-corrected chi connectivity index (χ4v) is 11.6. The van der Waals surface area contributed by atoms with Crippen LogP contribution in [0, 0.1) is 0 Å². The Bertz CT molecular complexity index is 3650. The third-order valence-electron chi connectivity index (χ3n) is 14.7. The van der Waals surface area contributed by atoms with E-state index in [0.717, 1.165) is 33.9 Å². The molecule has 3 heteroatoms. The monoisotopic (exact) mass is 860 g/mol. The van der Waals surface area contributed by atoms with E-state index >= 15 is 0 Å². The fraction of sp³-hybridized carbons (Fsp3) is 0.0938. The molecule has 0 N–H and O–H groups in total. The van der Waals surface area contributed by atoms with Crippen molar-refractivity contribution < 1.29 is 4.74 Å². The van der Waals surface area contributed by atoms with Gasteiger partial charge in [-0.25, -0.2) is 0 Å².